The Balaban J connectivity index is 4.48. The summed E-state index contributed by atoms with van der Waals surface area (Å²) < 4.78 is 32.4. The van der Waals surface area contributed by atoms with Gasteiger partial charge in [-0.3, -0.25) is 23.4 Å². The molecule has 0 aliphatic carbocycles. The zero-order valence-corrected chi connectivity index (χ0v) is 32.1. The molecule has 0 aromatic heterocycles. The molecule has 0 heterocycles. The van der Waals surface area contributed by atoms with E-state index >= 15 is 0 Å². The second kappa shape index (κ2) is 34.3. The number of phosphoric ester groups is 1. The molecular formula is C39H66NO10P. The molecule has 0 aliphatic rings. The standard InChI is InChI=1S/C39H66NO10P/c1-3-5-7-9-11-13-14-15-16-17-18-19-20-21-22-23-25-27-29-31-38(42)50-35(33-48-51(45,46)49-34-36(40)39(43)44)32-47-37(41)30-28-26-24-12-10-8-6-4-2/h5,7,11,13,15-16,18-19,21-22,35-36H,3-4,6,8-10,12,14,17,20,23-34,40H2,1-2H3,(H,43,44)(H,45,46)/b7-5-,13-11-,16-15-,19-18-,22-21-. The lowest BCUT2D eigenvalue weighted by Crippen LogP contribution is -2.34. The van der Waals surface area contributed by atoms with Gasteiger partial charge in [-0.25, -0.2) is 4.57 Å². The molecule has 4 N–H and O–H groups in total. The molecule has 51 heavy (non-hydrogen) atoms. The summed E-state index contributed by atoms with van der Waals surface area (Å²) in [5, 5.41) is 8.84. The summed E-state index contributed by atoms with van der Waals surface area (Å²) in [5.74, 6) is -2.44. The van der Waals surface area contributed by atoms with Gasteiger partial charge in [-0.15, -0.1) is 0 Å². The van der Waals surface area contributed by atoms with Gasteiger partial charge < -0.3 is 25.2 Å². The van der Waals surface area contributed by atoms with Crippen LogP contribution in [0.4, 0.5) is 0 Å². The normalized spacial score (nSPS) is 14.6. The molecule has 3 atom stereocenters. The fourth-order valence-electron chi connectivity index (χ4n) is 4.56. The molecule has 0 bridgehead atoms. The number of esters is 2. The fraction of sp³-hybridized carbons (Fsp3) is 0.667. The number of carbonyl (C=O) groups excluding carboxylic acids is 2. The van der Waals surface area contributed by atoms with E-state index in [9.17, 15) is 23.8 Å². The molecule has 0 rings (SSSR count). The van der Waals surface area contributed by atoms with Gasteiger partial charge in [0, 0.05) is 12.8 Å². The molecule has 12 heteroatoms. The summed E-state index contributed by atoms with van der Waals surface area (Å²) in [5.41, 5.74) is 5.30. The van der Waals surface area contributed by atoms with Gasteiger partial charge >= 0.3 is 25.7 Å². The van der Waals surface area contributed by atoms with Crippen molar-refractivity contribution in [2.24, 2.45) is 5.73 Å². The second-order valence-corrected chi connectivity index (χ2v) is 13.8. The minimum absolute atomic E-state index is 0.120. The highest BCUT2D eigenvalue weighted by Crippen LogP contribution is 2.43. The van der Waals surface area contributed by atoms with Crippen LogP contribution >= 0.6 is 7.82 Å². The maximum absolute atomic E-state index is 12.5. The van der Waals surface area contributed by atoms with Crippen molar-refractivity contribution in [1.82, 2.24) is 0 Å². The summed E-state index contributed by atoms with van der Waals surface area (Å²) >= 11 is 0. The number of carbonyl (C=O) groups is 3. The van der Waals surface area contributed by atoms with Crippen LogP contribution in [0.15, 0.2) is 60.8 Å². The maximum atomic E-state index is 12.5. The lowest BCUT2D eigenvalue weighted by atomic mass is 10.1. The largest absolute Gasteiger partial charge is 0.480 e. The van der Waals surface area contributed by atoms with Crippen molar-refractivity contribution in [3.8, 4) is 0 Å². The van der Waals surface area contributed by atoms with Gasteiger partial charge in [0.1, 0.15) is 12.6 Å². The molecule has 0 saturated carbocycles. The molecule has 0 radical (unpaired) electrons. The Labute approximate surface area is 307 Å². The quantitative estimate of drug-likeness (QED) is 0.0249. The fourth-order valence-corrected chi connectivity index (χ4v) is 5.34. The molecular weight excluding hydrogens is 673 g/mol. The van der Waals surface area contributed by atoms with Crippen LogP contribution in [0, 0.1) is 0 Å². The van der Waals surface area contributed by atoms with Crippen molar-refractivity contribution >= 4 is 25.7 Å². The van der Waals surface area contributed by atoms with Gasteiger partial charge in [0.05, 0.1) is 13.2 Å². The molecule has 0 fully saturated rings. The summed E-state index contributed by atoms with van der Waals surface area (Å²) in [6.45, 7) is 2.58. The van der Waals surface area contributed by atoms with Crippen LogP contribution in [0.1, 0.15) is 136 Å². The van der Waals surface area contributed by atoms with E-state index in [1.54, 1.807) is 0 Å². The number of aliphatic carboxylic acids is 1. The first kappa shape index (κ1) is 48.2. The molecule has 292 valence electrons. The van der Waals surface area contributed by atoms with Crippen LogP contribution in [0.2, 0.25) is 0 Å². The van der Waals surface area contributed by atoms with Gasteiger partial charge in [0.25, 0.3) is 0 Å². The van der Waals surface area contributed by atoms with Crippen LogP contribution in [0.3, 0.4) is 0 Å². The van der Waals surface area contributed by atoms with E-state index in [1.807, 2.05) is 0 Å². The van der Waals surface area contributed by atoms with Gasteiger partial charge in [-0.05, 0) is 57.8 Å². The summed E-state index contributed by atoms with van der Waals surface area (Å²) in [6, 6.07) is -1.53. The molecule has 0 aliphatic heterocycles. The number of allylic oxidation sites excluding steroid dienone is 10. The van der Waals surface area contributed by atoms with E-state index in [0.29, 0.717) is 12.8 Å². The lowest BCUT2D eigenvalue weighted by molar-refractivity contribution is -0.161. The highest BCUT2D eigenvalue weighted by molar-refractivity contribution is 7.47. The Morgan fingerprint density at radius 2 is 1.10 bits per heavy atom. The van der Waals surface area contributed by atoms with Crippen LogP contribution in [0.5, 0.6) is 0 Å². The van der Waals surface area contributed by atoms with Gasteiger partial charge in [0.2, 0.25) is 0 Å². The zero-order valence-electron chi connectivity index (χ0n) is 31.2. The van der Waals surface area contributed by atoms with Crippen molar-refractivity contribution in [2.75, 3.05) is 19.8 Å². The Morgan fingerprint density at radius 1 is 0.627 bits per heavy atom. The average Bonchev–Trinajstić information content (AvgIpc) is 3.10. The predicted molar refractivity (Wildman–Crippen MR) is 203 cm³/mol. The summed E-state index contributed by atoms with van der Waals surface area (Å²) in [7, 11) is -4.72. The highest BCUT2D eigenvalue weighted by Gasteiger charge is 2.28. The van der Waals surface area contributed by atoms with Gasteiger partial charge in [-0.1, -0.05) is 126 Å². The number of unbranched alkanes of at least 4 members (excludes halogenated alkanes) is 10. The number of ether oxygens (including phenoxy) is 2. The summed E-state index contributed by atoms with van der Waals surface area (Å²) in [4.78, 5) is 45.6. The molecule has 0 aromatic rings. The summed E-state index contributed by atoms with van der Waals surface area (Å²) in [6.07, 6.45) is 37.4. The average molecular weight is 740 g/mol. The number of carboxylic acid groups (broad SMARTS) is 1. The topological polar surface area (TPSA) is 172 Å². The minimum Gasteiger partial charge on any atom is -0.480 e. The van der Waals surface area contributed by atoms with E-state index in [-0.39, 0.29) is 19.4 Å². The van der Waals surface area contributed by atoms with Crippen LogP contribution < -0.4 is 5.73 Å². The Bertz CT molecular complexity index is 1100. The van der Waals surface area contributed by atoms with Crippen molar-refractivity contribution in [1.29, 1.82) is 0 Å². The third kappa shape index (κ3) is 34.1. The number of phosphoric acid groups is 1. The predicted octanol–water partition coefficient (Wildman–Crippen LogP) is 9.22. The smallest absolute Gasteiger partial charge is 0.472 e. The van der Waals surface area contributed by atoms with Crippen molar-refractivity contribution < 1.29 is 47.5 Å². The van der Waals surface area contributed by atoms with E-state index in [4.69, 9.17) is 24.8 Å². The third-order valence-corrected chi connectivity index (χ3v) is 8.48. The van der Waals surface area contributed by atoms with Crippen LogP contribution in [-0.2, 0) is 37.5 Å². The van der Waals surface area contributed by atoms with Crippen molar-refractivity contribution in [3.05, 3.63) is 60.8 Å². The Kier molecular flexibility index (Phi) is 32.4. The third-order valence-electron chi connectivity index (χ3n) is 7.53. The monoisotopic (exact) mass is 739 g/mol. The SMILES string of the molecule is CC/C=C\C/C=C\C/C=C\C/C=C\C/C=C\CCCCCC(=O)OC(COC(=O)CCCCCCCCCC)COP(=O)(O)OCC(N)C(=O)O. The highest BCUT2D eigenvalue weighted by atomic mass is 31.2. The van der Waals surface area contributed by atoms with Crippen molar-refractivity contribution in [3.63, 3.8) is 0 Å². The Hall–Kier alpha value is -2.82. The molecule has 0 aromatic carbocycles. The first-order chi connectivity index (χ1) is 24.6. The number of hydrogen-bond donors (Lipinski definition) is 3. The Morgan fingerprint density at radius 3 is 1.65 bits per heavy atom. The molecule has 3 unspecified atom stereocenters. The van der Waals surface area contributed by atoms with E-state index in [2.05, 4.69) is 79.1 Å². The molecule has 11 nitrogen and oxygen atoms in total. The van der Waals surface area contributed by atoms with E-state index < -0.39 is 51.1 Å². The maximum Gasteiger partial charge on any atom is 0.472 e. The number of rotatable bonds is 34. The number of hydrogen-bond acceptors (Lipinski definition) is 9. The second-order valence-electron chi connectivity index (χ2n) is 12.3. The lowest BCUT2D eigenvalue weighted by Gasteiger charge is -2.20. The van der Waals surface area contributed by atoms with Gasteiger partial charge in [0.15, 0.2) is 6.10 Å². The van der Waals surface area contributed by atoms with E-state index in [1.165, 1.54) is 25.7 Å². The van der Waals surface area contributed by atoms with Crippen LogP contribution in [-0.4, -0.2) is 59.9 Å². The molecule has 0 spiro atoms. The van der Waals surface area contributed by atoms with E-state index in [0.717, 1.165) is 70.6 Å². The number of carboxylic acids is 1. The molecule has 0 saturated heterocycles. The zero-order chi connectivity index (χ0) is 37.8. The first-order valence-electron chi connectivity index (χ1n) is 18.8. The number of nitrogens with two attached hydrogens (primary N) is 1. The molecule has 0 amide bonds. The van der Waals surface area contributed by atoms with Crippen LogP contribution in [0.25, 0.3) is 0 Å². The van der Waals surface area contributed by atoms with Crippen molar-refractivity contribution in [2.45, 2.75) is 148 Å². The van der Waals surface area contributed by atoms with Gasteiger partial charge in [-0.2, -0.15) is 0 Å². The minimum atomic E-state index is -4.72. The first-order valence-corrected chi connectivity index (χ1v) is 20.3.